The van der Waals surface area contributed by atoms with Crippen molar-refractivity contribution in [2.45, 2.75) is 31.7 Å². The number of carbonyl (C=O) groups is 2. The molecule has 1 saturated heterocycles. The molecule has 0 saturated carbocycles. The minimum absolute atomic E-state index is 0. The van der Waals surface area contributed by atoms with E-state index in [0.29, 0.717) is 32.4 Å². The van der Waals surface area contributed by atoms with E-state index < -0.39 is 0 Å². The summed E-state index contributed by atoms with van der Waals surface area (Å²) in [4.78, 5) is 25.6. The number of nitrogens with zero attached hydrogens (tertiary/aromatic N) is 1. The number of rotatable bonds is 7. The average Bonchev–Trinajstić information content (AvgIpc) is 2.90. The van der Waals surface area contributed by atoms with Crippen LogP contribution in [-0.4, -0.2) is 36.3 Å². The minimum atomic E-state index is -0.154. The van der Waals surface area contributed by atoms with Gasteiger partial charge in [0.2, 0.25) is 11.8 Å². The van der Waals surface area contributed by atoms with E-state index in [-0.39, 0.29) is 30.3 Å². The van der Waals surface area contributed by atoms with Crippen LogP contribution < -0.4 is 11.1 Å². The van der Waals surface area contributed by atoms with Crippen molar-refractivity contribution in [1.29, 1.82) is 0 Å². The molecule has 1 unspecified atom stereocenters. The lowest BCUT2D eigenvalue weighted by Crippen LogP contribution is -2.38. The van der Waals surface area contributed by atoms with Crippen molar-refractivity contribution < 1.29 is 9.59 Å². The second-order valence-electron chi connectivity index (χ2n) is 5.37. The van der Waals surface area contributed by atoms with Crippen molar-refractivity contribution >= 4 is 24.2 Å². The topological polar surface area (TPSA) is 75.4 Å². The van der Waals surface area contributed by atoms with E-state index in [1.54, 1.807) is 0 Å². The summed E-state index contributed by atoms with van der Waals surface area (Å²) in [6, 6.07) is 9.64. The van der Waals surface area contributed by atoms with E-state index in [0.717, 1.165) is 18.5 Å². The van der Waals surface area contributed by atoms with Crippen molar-refractivity contribution in [3.63, 3.8) is 0 Å². The molecule has 22 heavy (non-hydrogen) atoms. The summed E-state index contributed by atoms with van der Waals surface area (Å²) >= 11 is 0. The van der Waals surface area contributed by atoms with E-state index >= 15 is 0 Å². The van der Waals surface area contributed by atoms with E-state index in [9.17, 15) is 9.59 Å². The number of likely N-dealkylation sites (tertiary alicyclic amines) is 1. The van der Waals surface area contributed by atoms with E-state index in [1.165, 1.54) is 0 Å². The van der Waals surface area contributed by atoms with Crippen molar-refractivity contribution in [3.8, 4) is 0 Å². The Kier molecular flexibility index (Phi) is 7.91. The van der Waals surface area contributed by atoms with Gasteiger partial charge in [-0.25, -0.2) is 0 Å². The molecule has 2 amide bonds. The Balaban J connectivity index is 0.00000242. The van der Waals surface area contributed by atoms with Crippen LogP contribution in [0.2, 0.25) is 0 Å². The zero-order chi connectivity index (χ0) is 15.1. The summed E-state index contributed by atoms with van der Waals surface area (Å²) in [5, 5.41) is 3.03. The maximum absolute atomic E-state index is 12.0. The summed E-state index contributed by atoms with van der Waals surface area (Å²) in [5.74, 6) is 0.160. The summed E-state index contributed by atoms with van der Waals surface area (Å²) in [6.45, 7) is 1.83. The summed E-state index contributed by atoms with van der Waals surface area (Å²) in [5.41, 5.74) is 6.46. The Morgan fingerprint density at radius 2 is 2.05 bits per heavy atom. The molecule has 0 spiro atoms. The number of benzene rings is 1. The standard InChI is InChI=1S/C16H23N3O2.ClH/c17-10-4-8-15(20)18-14(13-6-2-1-3-7-13)12-19-11-5-9-16(19)21;/h1-3,6-7,14H,4-5,8-12,17H2,(H,18,20);1H. The highest BCUT2D eigenvalue weighted by molar-refractivity contribution is 5.85. The molecule has 1 fully saturated rings. The maximum Gasteiger partial charge on any atom is 0.222 e. The van der Waals surface area contributed by atoms with Gasteiger partial charge < -0.3 is 16.0 Å². The van der Waals surface area contributed by atoms with E-state index in [2.05, 4.69) is 5.32 Å². The molecule has 0 aromatic heterocycles. The van der Waals surface area contributed by atoms with Crippen LogP contribution in [0.25, 0.3) is 0 Å². The second-order valence-corrected chi connectivity index (χ2v) is 5.37. The minimum Gasteiger partial charge on any atom is -0.348 e. The summed E-state index contributed by atoms with van der Waals surface area (Å²) < 4.78 is 0. The highest BCUT2D eigenvalue weighted by Gasteiger charge is 2.25. The third-order valence-corrected chi connectivity index (χ3v) is 3.72. The fraction of sp³-hybridized carbons (Fsp3) is 0.500. The molecular weight excluding hydrogens is 302 g/mol. The largest absolute Gasteiger partial charge is 0.348 e. The SMILES string of the molecule is Cl.NCCCC(=O)NC(CN1CCCC1=O)c1ccccc1. The number of amides is 2. The Hall–Kier alpha value is -1.59. The Bertz CT molecular complexity index is 482. The molecule has 0 bridgehead atoms. The molecule has 122 valence electrons. The third-order valence-electron chi connectivity index (χ3n) is 3.72. The van der Waals surface area contributed by atoms with Crippen molar-refractivity contribution in [2.75, 3.05) is 19.6 Å². The zero-order valence-electron chi connectivity index (χ0n) is 12.7. The molecule has 2 rings (SSSR count). The van der Waals surface area contributed by atoms with Gasteiger partial charge >= 0.3 is 0 Å². The van der Waals surface area contributed by atoms with Gasteiger partial charge in [-0.3, -0.25) is 9.59 Å². The Morgan fingerprint density at radius 1 is 1.32 bits per heavy atom. The van der Waals surface area contributed by atoms with Gasteiger partial charge in [-0.05, 0) is 24.9 Å². The van der Waals surface area contributed by atoms with Gasteiger partial charge in [0, 0.05) is 25.9 Å². The first-order valence-electron chi connectivity index (χ1n) is 7.53. The number of nitrogens with one attached hydrogen (secondary N) is 1. The van der Waals surface area contributed by atoms with Crippen molar-refractivity contribution in [2.24, 2.45) is 5.73 Å². The fourth-order valence-electron chi connectivity index (χ4n) is 2.57. The van der Waals surface area contributed by atoms with E-state index in [4.69, 9.17) is 5.73 Å². The molecule has 0 aliphatic carbocycles. The molecule has 1 atom stereocenters. The van der Waals surface area contributed by atoms with Gasteiger partial charge in [-0.2, -0.15) is 0 Å². The molecule has 1 heterocycles. The lowest BCUT2D eigenvalue weighted by molar-refractivity contribution is -0.129. The van der Waals surface area contributed by atoms with Gasteiger partial charge in [0.05, 0.1) is 6.04 Å². The quantitative estimate of drug-likeness (QED) is 0.800. The van der Waals surface area contributed by atoms with E-state index in [1.807, 2.05) is 35.2 Å². The number of carbonyl (C=O) groups excluding carboxylic acids is 2. The van der Waals surface area contributed by atoms with Crippen LogP contribution in [0, 0.1) is 0 Å². The molecule has 1 aromatic rings. The normalized spacial score (nSPS) is 15.3. The van der Waals surface area contributed by atoms with Crippen LogP contribution in [0.1, 0.15) is 37.3 Å². The average molecular weight is 326 g/mol. The van der Waals surface area contributed by atoms with Crippen molar-refractivity contribution in [1.82, 2.24) is 10.2 Å². The smallest absolute Gasteiger partial charge is 0.222 e. The van der Waals surface area contributed by atoms with Gasteiger partial charge in [0.15, 0.2) is 0 Å². The lowest BCUT2D eigenvalue weighted by Gasteiger charge is -2.25. The summed E-state index contributed by atoms with van der Waals surface area (Å²) in [6.07, 6.45) is 2.62. The Labute approximate surface area is 137 Å². The highest BCUT2D eigenvalue weighted by atomic mass is 35.5. The number of hydrogen-bond acceptors (Lipinski definition) is 3. The van der Waals surface area contributed by atoms with Crippen LogP contribution in [-0.2, 0) is 9.59 Å². The summed E-state index contributed by atoms with van der Waals surface area (Å²) in [7, 11) is 0. The third kappa shape index (κ3) is 5.31. The number of hydrogen-bond donors (Lipinski definition) is 2. The van der Waals surface area contributed by atoms with Gasteiger partial charge in [0.25, 0.3) is 0 Å². The predicted octanol–water partition coefficient (Wildman–Crippen LogP) is 1.63. The number of nitrogens with two attached hydrogens (primary N) is 1. The van der Waals surface area contributed by atoms with Crippen LogP contribution in [0.5, 0.6) is 0 Å². The predicted molar refractivity (Wildman–Crippen MR) is 88.7 cm³/mol. The van der Waals surface area contributed by atoms with Gasteiger partial charge in [0.1, 0.15) is 0 Å². The van der Waals surface area contributed by atoms with Crippen LogP contribution in [0.15, 0.2) is 30.3 Å². The van der Waals surface area contributed by atoms with Crippen LogP contribution >= 0.6 is 12.4 Å². The molecule has 5 nitrogen and oxygen atoms in total. The lowest BCUT2D eigenvalue weighted by atomic mass is 10.1. The molecule has 1 aliphatic rings. The highest BCUT2D eigenvalue weighted by Crippen LogP contribution is 2.18. The van der Waals surface area contributed by atoms with Gasteiger partial charge in [-0.15, -0.1) is 12.4 Å². The molecule has 1 aromatic carbocycles. The van der Waals surface area contributed by atoms with Crippen molar-refractivity contribution in [3.05, 3.63) is 35.9 Å². The second kappa shape index (κ2) is 9.43. The van der Waals surface area contributed by atoms with Gasteiger partial charge in [-0.1, -0.05) is 30.3 Å². The van der Waals surface area contributed by atoms with Crippen LogP contribution in [0.4, 0.5) is 0 Å². The maximum atomic E-state index is 12.0. The zero-order valence-corrected chi connectivity index (χ0v) is 13.5. The molecule has 3 N–H and O–H groups in total. The number of halogens is 1. The fourth-order valence-corrected chi connectivity index (χ4v) is 2.57. The first-order chi connectivity index (χ1) is 10.2. The first kappa shape index (κ1) is 18.5. The monoisotopic (exact) mass is 325 g/mol. The molecule has 6 heteroatoms. The first-order valence-corrected chi connectivity index (χ1v) is 7.53. The van der Waals surface area contributed by atoms with Crippen LogP contribution in [0.3, 0.4) is 0 Å². The Morgan fingerprint density at radius 3 is 2.64 bits per heavy atom. The molecule has 0 radical (unpaired) electrons. The molecule has 1 aliphatic heterocycles. The molecular formula is C16H24ClN3O2.